The molecule has 1 fully saturated rings. The minimum Gasteiger partial charge on any atom is -0.491 e. The van der Waals surface area contributed by atoms with Crippen molar-refractivity contribution in [2.45, 2.75) is 277 Å². The Kier molecular flexibility index (Phi) is 41.5. The first kappa shape index (κ1) is 66.5. The summed E-state index contributed by atoms with van der Waals surface area (Å²) < 4.78 is 70.7. The minimum atomic E-state index is -4.60. The number of unbranched alkanes of at least 4 members (excludes halogenated alkanes) is 29. The van der Waals surface area contributed by atoms with E-state index >= 15 is 0 Å². The number of phosphoric acid groups is 1. The summed E-state index contributed by atoms with van der Waals surface area (Å²) in [6.07, 6.45) is 37.2. The highest BCUT2D eigenvalue weighted by Crippen LogP contribution is 2.43. The van der Waals surface area contributed by atoms with E-state index in [1.54, 1.807) is 19.1 Å². The molecular formula is C58H102FO13P. The number of benzene rings is 1. The van der Waals surface area contributed by atoms with Gasteiger partial charge in [-0.3, -0.25) is 23.4 Å². The SMILES string of the molecule is CCCCCCCCCCCCCCCCCC(=O)OCC(COP(=O)(O)OCCCC(=O)OCCCCC1COC(c2ccc(OCC)c(F)c2)O1)OC(=O)CCCCCCCCCCCCCCCCC. The van der Waals surface area contributed by atoms with Crippen molar-refractivity contribution in [2.75, 3.05) is 39.6 Å². The summed E-state index contributed by atoms with van der Waals surface area (Å²) in [5, 5.41) is 0. The molecule has 0 spiro atoms. The number of esters is 3. The van der Waals surface area contributed by atoms with Gasteiger partial charge in [-0.25, -0.2) is 8.96 Å². The normalized spacial score (nSPS) is 15.8. The number of carbonyl (C=O) groups excluding carboxylic acids is 3. The van der Waals surface area contributed by atoms with Crippen LogP contribution < -0.4 is 4.74 Å². The molecule has 0 aromatic heterocycles. The van der Waals surface area contributed by atoms with Gasteiger partial charge in [0.05, 0.1) is 39.1 Å². The van der Waals surface area contributed by atoms with Crippen molar-refractivity contribution in [1.82, 2.24) is 0 Å². The van der Waals surface area contributed by atoms with Crippen molar-refractivity contribution >= 4 is 25.7 Å². The first-order chi connectivity index (χ1) is 35.6. The molecule has 1 N–H and O–H groups in total. The second-order valence-corrected chi connectivity index (χ2v) is 21.6. The van der Waals surface area contributed by atoms with Gasteiger partial charge in [-0.1, -0.05) is 200 Å². The molecule has 15 heteroatoms. The Morgan fingerprint density at radius 3 is 1.58 bits per heavy atom. The molecule has 1 aliphatic heterocycles. The molecule has 0 bridgehead atoms. The maximum atomic E-state index is 14.3. The van der Waals surface area contributed by atoms with E-state index in [-0.39, 0.29) is 57.4 Å². The Balaban J connectivity index is 1.64. The smallest absolute Gasteiger partial charge is 0.472 e. The summed E-state index contributed by atoms with van der Waals surface area (Å²) in [6, 6.07) is 4.64. The van der Waals surface area contributed by atoms with Gasteiger partial charge in [0, 0.05) is 24.8 Å². The van der Waals surface area contributed by atoms with Crippen LogP contribution in [0.2, 0.25) is 0 Å². The van der Waals surface area contributed by atoms with Crippen LogP contribution in [0.1, 0.15) is 270 Å². The number of ether oxygens (including phenoxy) is 6. The molecule has 0 amide bonds. The third-order valence-electron chi connectivity index (χ3n) is 13.4. The number of rotatable bonds is 51. The Bertz CT molecular complexity index is 1570. The fourth-order valence-electron chi connectivity index (χ4n) is 8.95. The Morgan fingerprint density at radius 1 is 0.589 bits per heavy atom. The van der Waals surface area contributed by atoms with E-state index in [1.165, 1.54) is 147 Å². The summed E-state index contributed by atoms with van der Waals surface area (Å²) in [6.45, 7) is 6.17. The molecule has 0 saturated carbocycles. The van der Waals surface area contributed by atoms with Crippen LogP contribution in [0, 0.1) is 5.82 Å². The van der Waals surface area contributed by atoms with Crippen molar-refractivity contribution in [3.05, 3.63) is 29.6 Å². The third kappa shape index (κ3) is 37.7. The lowest BCUT2D eigenvalue weighted by molar-refractivity contribution is -0.161. The zero-order valence-corrected chi connectivity index (χ0v) is 46.9. The van der Waals surface area contributed by atoms with Crippen LogP contribution in [0.25, 0.3) is 0 Å². The summed E-state index contributed by atoms with van der Waals surface area (Å²) in [4.78, 5) is 48.3. The van der Waals surface area contributed by atoms with E-state index in [0.29, 0.717) is 50.9 Å². The number of halogens is 1. The van der Waals surface area contributed by atoms with E-state index in [1.807, 2.05) is 0 Å². The van der Waals surface area contributed by atoms with Gasteiger partial charge in [0.15, 0.2) is 24.0 Å². The van der Waals surface area contributed by atoms with Gasteiger partial charge < -0.3 is 33.3 Å². The van der Waals surface area contributed by atoms with E-state index in [0.717, 1.165) is 38.5 Å². The van der Waals surface area contributed by atoms with Crippen LogP contribution in [-0.4, -0.2) is 74.7 Å². The molecule has 4 unspecified atom stereocenters. The molecule has 73 heavy (non-hydrogen) atoms. The first-order valence-corrected chi connectivity index (χ1v) is 30.9. The Morgan fingerprint density at radius 2 is 1.07 bits per heavy atom. The number of hydrogen-bond acceptors (Lipinski definition) is 12. The lowest BCUT2D eigenvalue weighted by atomic mass is 10.0. The molecule has 424 valence electrons. The molecule has 0 radical (unpaired) electrons. The van der Waals surface area contributed by atoms with E-state index in [2.05, 4.69) is 13.8 Å². The Hall–Kier alpha value is -2.61. The maximum Gasteiger partial charge on any atom is 0.472 e. The molecule has 1 saturated heterocycles. The second kappa shape index (κ2) is 45.6. The summed E-state index contributed by atoms with van der Waals surface area (Å²) in [5.74, 6) is -1.66. The van der Waals surface area contributed by atoms with Gasteiger partial charge >= 0.3 is 25.7 Å². The fraction of sp³-hybridized carbons (Fsp3) is 0.845. The zero-order chi connectivity index (χ0) is 52.9. The van der Waals surface area contributed by atoms with Crippen LogP contribution >= 0.6 is 7.82 Å². The molecular weight excluding hydrogens is 955 g/mol. The van der Waals surface area contributed by atoms with Crippen molar-refractivity contribution in [3.63, 3.8) is 0 Å². The van der Waals surface area contributed by atoms with Gasteiger partial charge in [0.25, 0.3) is 0 Å². The van der Waals surface area contributed by atoms with Crippen LogP contribution in [-0.2, 0) is 51.7 Å². The molecule has 1 aromatic rings. The van der Waals surface area contributed by atoms with Crippen LogP contribution in [0.3, 0.4) is 0 Å². The van der Waals surface area contributed by atoms with Crippen LogP contribution in [0.4, 0.5) is 4.39 Å². The number of carbonyl (C=O) groups is 3. The highest BCUT2D eigenvalue weighted by atomic mass is 31.2. The molecule has 4 atom stereocenters. The predicted molar refractivity (Wildman–Crippen MR) is 287 cm³/mol. The van der Waals surface area contributed by atoms with Crippen LogP contribution in [0.5, 0.6) is 5.75 Å². The average Bonchev–Trinajstić information content (AvgIpc) is 3.85. The number of hydrogen-bond donors (Lipinski definition) is 1. The second-order valence-electron chi connectivity index (χ2n) is 20.2. The first-order valence-electron chi connectivity index (χ1n) is 29.4. The summed E-state index contributed by atoms with van der Waals surface area (Å²) in [5.41, 5.74) is 0.578. The summed E-state index contributed by atoms with van der Waals surface area (Å²) >= 11 is 0. The lowest BCUT2D eigenvalue weighted by Crippen LogP contribution is -2.29. The molecule has 13 nitrogen and oxygen atoms in total. The van der Waals surface area contributed by atoms with Crippen molar-refractivity contribution in [2.24, 2.45) is 0 Å². The highest BCUT2D eigenvalue weighted by molar-refractivity contribution is 7.47. The lowest BCUT2D eigenvalue weighted by Gasteiger charge is -2.20. The van der Waals surface area contributed by atoms with Crippen molar-refractivity contribution in [3.8, 4) is 5.75 Å². The predicted octanol–water partition coefficient (Wildman–Crippen LogP) is 16.2. The Labute approximate surface area is 441 Å². The summed E-state index contributed by atoms with van der Waals surface area (Å²) in [7, 11) is -4.60. The van der Waals surface area contributed by atoms with E-state index in [9.17, 15) is 28.2 Å². The fourth-order valence-corrected chi connectivity index (χ4v) is 9.74. The minimum absolute atomic E-state index is 0.0330. The molecule has 2 rings (SSSR count). The van der Waals surface area contributed by atoms with Crippen molar-refractivity contribution in [1.29, 1.82) is 0 Å². The standard InChI is InChI=1S/C58H102FO13P/c1-4-7-9-11-13-15-17-19-21-23-25-27-29-31-33-39-56(61)67-48-52(71-57(62)40-34-32-30-28-26-24-22-20-18-16-14-12-10-8-5-2)49-70-73(63,64)69-45-37-41-55(60)66-44-36-35-38-51-47-68-58(72-51)50-42-43-54(65-6-3)53(59)46-50/h42-43,46,51-52,58H,4-41,44-45,47-49H2,1-3H3,(H,63,64). The van der Waals surface area contributed by atoms with E-state index < -0.39 is 50.5 Å². The monoisotopic (exact) mass is 1060 g/mol. The van der Waals surface area contributed by atoms with Crippen molar-refractivity contribution < 1.29 is 65.7 Å². The number of phosphoric ester groups is 1. The maximum absolute atomic E-state index is 14.3. The largest absolute Gasteiger partial charge is 0.491 e. The third-order valence-corrected chi connectivity index (χ3v) is 14.3. The average molecular weight is 1060 g/mol. The van der Waals surface area contributed by atoms with Crippen LogP contribution in [0.15, 0.2) is 18.2 Å². The van der Waals surface area contributed by atoms with Gasteiger partial charge in [-0.05, 0) is 57.6 Å². The topological polar surface area (TPSA) is 162 Å². The molecule has 1 aliphatic rings. The molecule has 0 aliphatic carbocycles. The highest BCUT2D eigenvalue weighted by Gasteiger charge is 2.28. The zero-order valence-electron chi connectivity index (χ0n) is 46.0. The molecule has 1 heterocycles. The van der Waals surface area contributed by atoms with Gasteiger partial charge in [-0.2, -0.15) is 0 Å². The molecule has 1 aromatic carbocycles. The quantitative estimate of drug-likeness (QED) is 0.0284. The van der Waals surface area contributed by atoms with E-state index in [4.69, 9.17) is 37.5 Å². The van der Waals surface area contributed by atoms with Gasteiger partial charge in [0.2, 0.25) is 0 Å². The van der Waals surface area contributed by atoms with Gasteiger partial charge in [0.1, 0.15) is 6.61 Å². The van der Waals surface area contributed by atoms with Gasteiger partial charge in [-0.15, -0.1) is 0 Å².